The average molecular weight is 423 g/mol. The zero-order valence-electron chi connectivity index (χ0n) is 17.1. The number of sulfonamides is 1. The molecule has 9 heteroatoms. The molecule has 0 bridgehead atoms. The lowest BCUT2D eigenvalue weighted by atomic mass is 9.96. The Morgan fingerprint density at radius 1 is 1.00 bits per heavy atom. The van der Waals surface area contributed by atoms with Crippen LogP contribution in [-0.2, 0) is 26.2 Å². The normalized spacial score (nSPS) is 19.9. The third-order valence-corrected chi connectivity index (χ3v) is 7.71. The van der Waals surface area contributed by atoms with Crippen molar-refractivity contribution >= 4 is 21.8 Å². The first-order valence-corrected chi connectivity index (χ1v) is 11.5. The molecule has 0 aromatic heterocycles. The Kier molecular flexibility index (Phi) is 6.92. The standard InChI is InChI=1S/C20H30N4O4S/c1-16(25)23-9-7-18(8-10-23)20(26)21-15-17-3-5-19(6-4-17)29(27,28)24-13-11-22(2)12-14-24/h3-6,18H,7-15H2,1-2H3,(H,21,26). The minimum absolute atomic E-state index is 0.0117. The van der Waals surface area contributed by atoms with Crippen LogP contribution in [0, 0.1) is 5.92 Å². The largest absolute Gasteiger partial charge is 0.352 e. The predicted molar refractivity (Wildman–Crippen MR) is 110 cm³/mol. The van der Waals surface area contributed by atoms with E-state index in [1.54, 1.807) is 36.1 Å². The molecule has 160 valence electrons. The molecule has 1 aromatic rings. The highest BCUT2D eigenvalue weighted by molar-refractivity contribution is 7.89. The Labute approximate surface area is 172 Å². The van der Waals surface area contributed by atoms with Gasteiger partial charge < -0.3 is 15.1 Å². The molecule has 3 rings (SSSR count). The topological polar surface area (TPSA) is 90.0 Å². The van der Waals surface area contributed by atoms with Gasteiger partial charge in [-0.05, 0) is 37.6 Å². The number of hydrogen-bond donors (Lipinski definition) is 1. The van der Waals surface area contributed by atoms with E-state index in [9.17, 15) is 18.0 Å². The van der Waals surface area contributed by atoms with Crippen LogP contribution in [-0.4, -0.2) is 80.7 Å². The van der Waals surface area contributed by atoms with E-state index in [1.807, 2.05) is 7.05 Å². The van der Waals surface area contributed by atoms with E-state index >= 15 is 0 Å². The first-order valence-electron chi connectivity index (χ1n) is 10.1. The van der Waals surface area contributed by atoms with Gasteiger partial charge in [-0.25, -0.2) is 8.42 Å². The molecule has 0 unspecified atom stereocenters. The van der Waals surface area contributed by atoms with E-state index in [4.69, 9.17) is 0 Å². The van der Waals surface area contributed by atoms with E-state index in [-0.39, 0.29) is 22.6 Å². The summed E-state index contributed by atoms with van der Waals surface area (Å²) in [5.74, 6) is -0.0414. The van der Waals surface area contributed by atoms with Crippen LogP contribution in [0.3, 0.4) is 0 Å². The smallest absolute Gasteiger partial charge is 0.243 e. The Morgan fingerprint density at radius 3 is 2.14 bits per heavy atom. The summed E-state index contributed by atoms with van der Waals surface area (Å²) in [4.78, 5) is 27.9. The van der Waals surface area contributed by atoms with Crippen molar-refractivity contribution in [2.75, 3.05) is 46.3 Å². The summed E-state index contributed by atoms with van der Waals surface area (Å²) in [7, 11) is -1.49. The average Bonchev–Trinajstić information content (AvgIpc) is 2.72. The van der Waals surface area contributed by atoms with Crippen molar-refractivity contribution in [3.63, 3.8) is 0 Å². The van der Waals surface area contributed by atoms with Crippen LogP contribution in [0.25, 0.3) is 0 Å². The van der Waals surface area contributed by atoms with Crippen LogP contribution in [0.1, 0.15) is 25.3 Å². The van der Waals surface area contributed by atoms with Gasteiger partial charge in [-0.15, -0.1) is 0 Å². The molecule has 2 heterocycles. The molecule has 0 aliphatic carbocycles. The Bertz CT molecular complexity index is 825. The SMILES string of the molecule is CC(=O)N1CCC(C(=O)NCc2ccc(S(=O)(=O)N3CCN(C)CC3)cc2)CC1. The number of carbonyl (C=O) groups is 2. The van der Waals surface area contributed by atoms with Gasteiger partial charge in [0.25, 0.3) is 0 Å². The third-order valence-electron chi connectivity index (χ3n) is 5.80. The van der Waals surface area contributed by atoms with E-state index < -0.39 is 10.0 Å². The number of carbonyl (C=O) groups excluding carboxylic acids is 2. The number of benzene rings is 1. The summed E-state index contributed by atoms with van der Waals surface area (Å²) in [5, 5.41) is 2.93. The second-order valence-corrected chi connectivity index (χ2v) is 9.79. The Hall–Kier alpha value is -1.97. The quantitative estimate of drug-likeness (QED) is 0.746. The lowest BCUT2D eigenvalue weighted by Crippen LogP contribution is -2.47. The molecule has 2 aliphatic heterocycles. The Morgan fingerprint density at radius 2 is 1.59 bits per heavy atom. The second-order valence-electron chi connectivity index (χ2n) is 7.85. The van der Waals surface area contributed by atoms with Crippen LogP contribution < -0.4 is 5.32 Å². The van der Waals surface area contributed by atoms with Gasteiger partial charge in [-0.1, -0.05) is 12.1 Å². The summed E-state index contributed by atoms with van der Waals surface area (Å²) in [6.07, 6.45) is 1.35. The molecule has 0 atom stereocenters. The maximum Gasteiger partial charge on any atom is 0.243 e. The number of nitrogens with zero attached hydrogens (tertiary/aromatic N) is 3. The predicted octanol–water partition coefficient (Wildman–Crippen LogP) is 0.497. The molecular formula is C20H30N4O4S. The molecule has 1 aromatic carbocycles. The molecule has 2 saturated heterocycles. The lowest BCUT2D eigenvalue weighted by Gasteiger charge is -2.31. The van der Waals surface area contributed by atoms with Crippen molar-refractivity contribution in [3.8, 4) is 0 Å². The molecule has 1 N–H and O–H groups in total. The summed E-state index contributed by atoms with van der Waals surface area (Å²) < 4.78 is 27.0. The van der Waals surface area contributed by atoms with E-state index in [0.29, 0.717) is 45.6 Å². The maximum absolute atomic E-state index is 12.8. The highest BCUT2D eigenvalue weighted by atomic mass is 32.2. The lowest BCUT2D eigenvalue weighted by molar-refractivity contribution is -0.134. The molecule has 0 radical (unpaired) electrons. The second kappa shape index (κ2) is 9.23. The highest BCUT2D eigenvalue weighted by Crippen LogP contribution is 2.19. The number of likely N-dealkylation sites (tertiary alicyclic amines) is 1. The van der Waals surface area contributed by atoms with Gasteiger partial charge in [0, 0.05) is 58.7 Å². The van der Waals surface area contributed by atoms with Crippen molar-refractivity contribution in [3.05, 3.63) is 29.8 Å². The molecule has 29 heavy (non-hydrogen) atoms. The van der Waals surface area contributed by atoms with Crippen molar-refractivity contribution in [2.24, 2.45) is 5.92 Å². The first kappa shape index (κ1) is 21.7. The fourth-order valence-corrected chi connectivity index (χ4v) is 5.17. The number of piperazine rings is 1. The van der Waals surface area contributed by atoms with Crippen molar-refractivity contribution in [1.82, 2.24) is 19.4 Å². The van der Waals surface area contributed by atoms with Gasteiger partial charge >= 0.3 is 0 Å². The third kappa shape index (κ3) is 5.34. The molecule has 2 amide bonds. The van der Waals surface area contributed by atoms with Gasteiger partial charge in [-0.3, -0.25) is 9.59 Å². The van der Waals surface area contributed by atoms with Crippen molar-refractivity contribution < 1.29 is 18.0 Å². The number of hydrogen-bond acceptors (Lipinski definition) is 5. The zero-order valence-corrected chi connectivity index (χ0v) is 18.0. The van der Waals surface area contributed by atoms with Gasteiger partial charge in [0.15, 0.2) is 0 Å². The van der Waals surface area contributed by atoms with E-state index in [2.05, 4.69) is 10.2 Å². The number of nitrogens with one attached hydrogen (secondary N) is 1. The number of likely N-dealkylation sites (N-methyl/N-ethyl adjacent to an activating group) is 1. The van der Waals surface area contributed by atoms with Crippen LogP contribution in [0.4, 0.5) is 0 Å². The van der Waals surface area contributed by atoms with Crippen molar-refractivity contribution in [2.45, 2.75) is 31.2 Å². The molecule has 0 spiro atoms. The number of rotatable bonds is 5. The summed E-state index contributed by atoms with van der Waals surface area (Å²) in [6.45, 7) is 5.61. The molecular weight excluding hydrogens is 392 g/mol. The minimum Gasteiger partial charge on any atom is -0.352 e. The maximum atomic E-state index is 12.8. The molecule has 8 nitrogen and oxygen atoms in total. The van der Waals surface area contributed by atoms with Gasteiger partial charge in [-0.2, -0.15) is 4.31 Å². The fourth-order valence-electron chi connectivity index (χ4n) is 3.75. The van der Waals surface area contributed by atoms with Gasteiger partial charge in [0.1, 0.15) is 0 Å². The Balaban J connectivity index is 1.52. The number of piperidine rings is 1. The minimum atomic E-state index is -3.48. The van der Waals surface area contributed by atoms with Crippen molar-refractivity contribution in [1.29, 1.82) is 0 Å². The first-order chi connectivity index (χ1) is 13.8. The monoisotopic (exact) mass is 422 g/mol. The molecule has 2 fully saturated rings. The van der Waals surface area contributed by atoms with Crippen LogP contribution >= 0.6 is 0 Å². The van der Waals surface area contributed by atoms with Crippen LogP contribution in [0.5, 0.6) is 0 Å². The molecule has 2 aliphatic rings. The zero-order chi connectivity index (χ0) is 21.0. The summed E-state index contributed by atoms with van der Waals surface area (Å²) in [6, 6.07) is 6.73. The summed E-state index contributed by atoms with van der Waals surface area (Å²) >= 11 is 0. The van der Waals surface area contributed by atoms with Crippen LogP contribution in [0.15, 0.2) is 29.2 Å². The van der Waals surface area contributed by atoms with E-state index in [0.717, 1.165) is 18.7 Å². The van der Waals surface area contributed by atoms with Gasteiger partial charge in [0.05, 0.1) is 4.90 Å². The van der Waals surface area contributed by atoms with Gasteiger partial charge in [0.2, 0.25) is 21.8 Å². The fraction of sp³-hybridized carbons (Fsp3) is 0.600. The molecule has 0 saturated carbocycles. The van der Waals surface area contributed by atoms with E-state index in [1.165, 1.54) is 4.31 Å². The highest BCUT2D eigenvalue weighted by Gasteiger charge is 2.28. The van der Waals surface area contributed by atoms with Crippen LogP contribution in [0.2, 0.25) is 0 Å². The number of amides is 2. The summed E-state index contributed by atoms with van der Waals surface area (Å²) in [5.41, 5.74) is 0.858.